The van der Waals surface area contributed by atoms with Crippen LogP contribution in [0.4, 0.5) is 5.69 Å². The highest BCUT2D eigenvalue weighted by atomic mass is 16.5. The molecule has 0 unspecified atom stereocenters. The van der Waals surface area contributed by atoms with Gasteiger partial charge in [-0.05, 0) is 37.8 Å². The molecule has 0 radical (unpaired) electrons. The monoisotopic (exact) mass is 376 g/mol. The topological polar surface area (TPSA) is 32.8 Å². The van der Waals surface area contributed by atoms with Crippen molar-refractivity contribution in [1.29, 1.82) is 0 Å². The van der Waals surface area contributed by atoms with Crippen molar-refractivity contribution in [3.63, 3.8) is 0 Å². The van der Waals surface area contributed by atoms with Gasteiger partial charge in [-0.1, -0.05) is 48.5 Å². The summed E-state index contributed by atoms with van der Waals surface area (Å²) in [5.41, 5.74) is 2.11. The molecule has 5 rings (SSSR count). The van der Waals surface area contributed by atoms with Crippen molar-refractivity contribution < 1.29 is 9.53 Å². The van der Waals surface area contributed by atoms with Crippen LogP contribution in [0.5, 0.6) is 0 Å². The van der Waals surface area contributed by atoms with Crippen molar-refractivity contribution in [3.05, 3.63) is 66.2 Å². The maximum Gasteiger partial charge on any atom is 0.176 e. The Bertz CT molecular complexity index is 824. The number of carbonyl (C=O) groups excluding carboxylic acids is 1. The summed E-state index contributed by atoms with van der Waals surface area (Å²) in [5, 5.41) is 0. The predicted molar refractivity (Wildman–Crippen MR) is 111 cm³/mol. The molecule has 2 aromatic carbocycles. The van der Waals surface area contributed by atoms with E-state index >= 15 is 0 Å². The zero-order valence-corrected chi connectivity index (χ0v) is 16.3. The third kappa shape index (κ3) is 3.59. The van der Waals surface area contributed by atoms with Crippen molar-refractivity contribution in [2.75, 3.05) is 37.6 Å². The van der Waals surface area contributed by atoms with Gasteiger partial charge in [-0.2, -0.15) is 0 Å². The highest BCUT2D eigenvalue weighted by molar-refractivity contribution is 5.97. The van der Waals surface area contributed by atoms with Gasteiger partial charge in [0.2, 0.25) is 0 Å². The van der Waals surface area contributed by atoms with Crippen molar-refractivity contribution in [2.45, 2.75) is 36.9 Å². The Labute approximate surface area is 167 Å². The van der Waals surface area contributed by atoms with E-state index in [0.29, 0.717) is 6.54 Å². The van der Waals surface area contributed by atoms with Crippen LogP contribution >= 0.6 is 0 Å². The number of hydrogen-bond acceptors (Lipinski definition) is 4. The summed E-state index contributed by atoms with van der Waals surface area (Å²) in [7, 11) is 0. The molecule has 2 saturated heterocycles. The average molecular weight is 377 g/mol. The van der Waals surface area contributed by atoms with Crippen LogP contribution in [0.3, 0.4) is 0 Å². The first-order valence-corrected chi connectivity index (χ1v) is 10.5. The Morgan fingerprint density at radius 2 is 1.39 bits per heavy atom. The Morgan fingerprint density at radius 1 is 0.821 bits per heavy atom. The van der Waals surface area contributed by atoms with Crippen LogP contribution in [-0.2, 0) is 4.74 Å². The van der Waals surface area contributed by atoms with Gasteiger partial charge in [-0.25, -0.2) is 0 Å². The normalized spacial score (nSPS) is 23.1. The number of para-hydroxylation sites is 1. The molecule has 1 aliphatic carbocycles. The second-order valence-electron chi connectivity index (χ2n) is 8.73. The van der Waals surface area contributed by atoms with Crippen molar-refractivity contribution in [1.82, 2.24) is 4.90 Å². The fourth-order valence-electron chi connectivity index (χ4n) is 4.79. The standard InChI is InChI=1S/C24H28N2O2/c27-22(20-7-3-1-4-8-20)17-25-15-13-24(14-16-25)19-26(18-23(28-24)11-12-23)21-9-5-2-6-10-21/h1-10H,11-19H2. The maximum atomic E-state index is 12.5. The Kier molecular flexibility index (Phi) is 4.48. The van der Waals surface area contributed by atoms with Crippen LogP contribution < -0.4 is 4.90 Å². The molecule has 0 atom stereocenters. The van der Waals surface area contributed by atoms with Gasteiger partial charge in [0.15, 0.2) is 5.78 Å². The Morgan fingerprint density at radius 3 is 2.00 bits per heavy atom. The van der Waals surface area contributed by atoms with Gasteiger partial charge in [0.05, 0.1) is 17.7 Å². The number of anilines is 1. The Balaban J connectivity index is 1.25. The van der Waals surface area contributed by atoms with E-state index in [2.05, 4.69) is 40.1 Å². The number of hydrogen-bond donors (Lipinski definition) is 0. The summed E-state index contributed by atoms with van der Waals surface area (Å²) in [4.78, 5) is 17.4. The maximum absolute atomic E-state index is 12.5. The number of Topliss-reactive ketones (excluding diaryl/α,β-unsaturated/α-hetero) is 1. The van der Waals surface area contributed by atoms with Crippen molar-refractivity contribution in [3.8, 4) is 0 Å². The quantitative estimate of drug-likeness (QED) is 0.761. The minimum atomic E-state index is -0.0725. The summed E-state index contributed by atoms with van der Waals surface area (Å²) in [6, 6.07) is 20.4. The molecule has 2 aromatic rings. The fourth-order valence-corrected chi connectivity index (χ4v) is 4.79. The van der Waals surface area contributed by atoms with Gasteiger partial charge in [0.25, 0.3) is 0 Å². The molecule has 4 nitrogen and oxygen atoms in total. The van der Waals surface area contributed by atoms with E-state index in [-0.39, 0.29) is 17.0 Å². The van der Waals surface area contributed by atoms with E-state index in [0.717, 1.165) is 44.6 Å². The number of ether oxygens (including phenoxy) is 1. The molecular formula is C24H28N2O2. The molecular weight excluding hydrogens is 348 g/mol. The van der Waals surface area contributed by atoms with Gasteiger partial charge in [0.1, 0.15) is 0 Å². The largest absolute Gasteiger partial charge is 0.366 e. The molecule has 2 spiro atoms. The zero-order valence-electron chi connectivity index (χ0n) is 16.3. The molecule has 1 saturated carbocycles. The predicted octanol–water partition coefficient (Wildman–Crippen LogP) is 3.77. The van der Waals surface area contributed by atoms with Gasteiger partial charge in [-0.3, -0.25) is 9.69 Å². The smallest absolute Gasteiger partial charge is 0.176 e. The number of morpholine rings is 1. The lowest BCUT2D eigenvalue weighted by molar-refractivity contribution is -0.145. The fraction of sp³-hybridized carbons (Fsp3) is 0.458. The average Bonchev–Trinajstić information content (AvgIpc) is 3.48. The van der Waals surface area contributed by atoms with Crippen molar-refractivity contribution in [2.24, 2.45) is 0 Å². The molecule has 3 fully saturated rings. The minimum Gasteiger partial charge on any atom is -0.366 e. The number of ketones is 1. The third-order valence-electron chi connectivity index (χ3n) is 6.55. The van der Waals surface area contributed by atoms with Crippen LogP contribution in [-0.4, -0.2) is 54.6 Å². The summed E-state index contributed by atoms with van der Waals surface area (Å²) in [6.07, 6.45) is 4.35. The molecule has 0 bridgehead atoms. The van der Waals surface area contributed by atoms with Crippen LogP contribution in [0.15, 0.2) is 60.7 Å². The van der Waals surface area contributed by atoms with E-state index in [1.165, 1.54) is 18.5 Å². The van der Waals surface area contributed by atoms with E-state index in [1.807, 2.05) is 30.3 Å². The molecule has 0 N–H and O–H groups in total. The minimum absolute atomic E-state index is 0.0656. The lowest BCUT2D eigenvalue weighted by Gasteiger charge is -2.51. The number of nitrogens with zero attached hydrogens (tertiary/aromatic N) is 2. The van der Waals surface area contributed by atoms with Gasteiger partial charge in [0, 0.05) is 37.4 Å². The van der Waals surface area contributed by atoms with Crippen LogP contribution in [0.1, 0.15) is 36.0 Å². The van der Waals surface area contributed by atoms with E-state index < -0.39 is 0 Å². The van der Waals surface area contributed by atoms with Gasteiger partial charge in [-0.15, -0.1) is 0 Å². The molecule has 0 amide bonds. The second kappa shape index (κ2) is 7.02. The molecule has 4 heteroatoms. The SMILES string of the molecule is O=C(CN1CCC2(CC1)CN(c1ccccc1)CC1(CC1)O2)c1ccccc1. The molecule has 146 valence electrons. The lowest BCUT2D eigenvalue weighted by Crippen LogP contribution is -2.61. The summed E-state index contributed by atoms with van der Waals surface area (Å²) < 4.78 is 6.75. The summed E-state index contributed by atoms with van der Waals surface area (Å²) in [6.45, 7) is 4.33. The first kappa shape index (κ1) is 17.9. The molecule has 3 aliphatic rings. The zero-order chi connectivity index (χ0) is 19.0. The van der Waals surface area contributed by atoms with Crippen LogP contribution in [0, 0.1) is 0 Å². The number of carbonyl (C=O) groups is 1. The number of likely N-dealkylation sites (tertiary alicyclic amines) is 1. The van der Waals surface area contributed by atoms with Gasteiger partial charge >= 0.3 is 0 Å². The highest BCUT2D eigenvalue weighted by Crippen LogP contribution is 2.49. The highest BCUT2D eigenvalue weighted by Gasteiger charge is 2.55. The third-order valence-corrected chi connectivity index (χ3v) is 6.55. The van der Waals surface area contributed by atoms with E-state index in [1.54, 1.807) is 0 Å². The van der Waals surface area contributed by atoms with E-state index in [4.69, 9.17) is 4.74 Å². The van der Waals surface area contributed by atoms with E-state index in [9.17, 15) is 4.79 Å². The number of rotatable bonds is 4. The summed E-state index contributed by atoms with van der Waals surface area (Å²) in [5.74, 6) is 0.214. The van der Waals surface area contributed by atoms with Gasteiger partial charge < -0.3 is 9.64 Å². The summed E-state index contributed by atoms with van der Waals surface area (Å²) >= 11 is 0. The first-order chi connectivity index (χ1) is 13.7. The van der Waals surface area contributed by atoms with Crippen LogP contribution in [0.25, 0.3) is 0 Å². The number of piperidine rings is 1. The molecule has 28 heavy (non-hydrogen) atoms. The molecule has 2 heterocycles. The lowest BCUT2D eigenvalue weighted by atomic mass is 9.87. The molecule has 0 aromatic heterocycles. The Hall–Kier alpha value is -2.17. The second-order valence-corrected chi connectivity index (χ2v) is 8.73. The van der Waals surface area contributed by atoms with Crippen molar-refractivity contribution >= 4 is 11.5 Å². The van der Waals surface area contributed by atoms with Crippen LogP contribution in [0.2, 0.25) is 0 Å². The first-order valence-electron chi connectivity index (χ1n) is 10.5. The molecule has 2 aliphatic heterocycles. The number of benzene rings is 2.